The summed E-state index contributed by atoms with van der Waals surface area (Å²) in [4.78, 5) is 9.56. The lowest BCUT2D eigenvalue weighted by Gasteiger charge is -2.27. The quantitative estimate of drug-likeness (QED) is 0.751. The highest BCUT2D eigenvalue weighted by Crippen LogP contribution is 2.33. The van der Waals surface area contributed by atoms with Gasteiger partial charge in [0.25, 0.3) is 0 Å². The molecular weight excluding hydrogens is 358 g/mol. The second kappa shape index (κ2) is 5.10. The second-order valence-corrected chi connectivity index (χ2v) is 7.01. The maximum absolute atomic E-state index is 4.57. The minimum Gasteiger partial charge on any atom is -0.354 e. The van der Waals surface area contributed by atoms with Gasteiger partial charge in [0.15, 0.2) is 0 Å². The monoisotopic (exact) mass is 373 g/mol. The van der Waals surface area contributed by atoms with Crippen molar-refractivity contribution in [2.75, 3.05) is 25.0 Å². The third kappa shape index (κ3) is 2.32. The number of hydrogen-bond acceptors (Lipinski definition) is 3. The summed E-state index contributed by atoms with van der Waals surface area (Å²) in [7, 11) is 2.27. The molecule has 2 fully saturated rings. The molecule has 1 aromatic heterocycles. The fraction of sp³-hybridized carbons (Fsp3) is 0.615. The lowest BCUT2D eigenvalue weighted by atomic mass is 10.1. The maximum Gasteiger partial charge on any atom is 0.142 e. The number of likely N-dealkylation sites (N-methyl/N-ethyl adjacent to an activating group) is 1. The first-order valence-electron chi connectivity index (χ1n) is 6.43. The Morgan fingerprint density at radius 3 is 2.78 bits per heavy atom. The first kappa shape index (κ1) is 12.9. The molecule has 0 spiro atoms. The SMILES string of the molecule is CN1C2CCC1CN(c1ncc(Br)cc1Br)CC2. The van der Waals surface area contributed by atoms with Crippen molar-refractivity contribution in [3.63, 3.8) is 0 Å². The summed E-state index contributed by atoms with van der Waals surface area (Å²) in [5.41, 5.74) is 0. The number of halogens is 2. The van der Waals surface area contributed by atoms with Gasteiger partial charge in [0, 0.05) is 35.8 Å². The number of fused-ring (bicyclic) bond motifs is 2. The third-order valence-corrected chi connectivity index (χ3v) is 5.25. The van der Waals surface area contributed by atoms with Crippen molar-refractivity contribution >= 4 is 37.7 Å². The van der Waals surface area contributed by atoms with Gasteiger partial charge in [0.05, 0.1) is 4.47 Å². The van der Waals surface area contributed by atoms with Gasteiger partial charge in [0.2, 0.25) is 0 Å². The van der Waals surface area contributed by atoms with E-state index in [9.17, 15) is 0 Å². The molecule has 0 aliphatic carbocycles. The van der Waals surface area contributed by atoms with Crippen molar-refractivity contribution in [2.45, 2.75) is 31.3 Å². The molecule has 2 atom stereocenters. The molecule has 0 amide bonds. The van der Waals surface area contributed by atoms with Crippen molar-refractivity contribution in [1.82, 2.24) is 9.88 Å². The van der Waals surface area contributed by atoms with Gasteiger partial charge in [-0.1, -0.05) is 0 Å². The zero-order chi connectivity index (χ0) is 12.7. The molecule has 0 saturated carbocycles. The highest BCUT2D eigenvalue weighted by atomic mass is 79.9. The Morgan fingerprint density at radius 1 is 1.22 bits per heavy atom. The average molecular weight is 375 g/mol. The van der Waals surface area contributed by atoms with E-state index in [4.69, 9.17) is 0 Å². The summed E-state index contributed by atoms with van der Waals surface area (Å²) in [6.45, 7) is 2.21. The minimum absolute atomic E-state index is 0.690. The average Bonchev–Trinajstić information content (AvgIpc) is 2.55. The summed E-state index contributed by atoms with van der Waals surface area (Å²) in [5, 5.41) is 0. The Kier molecular flexibility index (Phi) is 3.65. The topological polar surface area (TPSA) is 19.4 Å². The van der Waals surface area contributed by atoms with Gasteiger partial charge < -0.3 is 4.90 Å². The number of rotatable bonds is 1. The van der Waals surface area contributed by atoms with Crippen molar-refractivity contribution in [1.29, 1.82) is 0 Å². The maximum atomic E-state index is 4.57. The lowest BCUT2D eigenvalue weighted by molar-refractivity contribution is 0.254. The molecule has 98 valence electrons. The highest BCUT2D eigenvalue weighted by molar-refractivity contribution is 9.11. The molecule has 0 N–H and O–H groups in total. The first-order valence-corrected chi connectivity index (χ1v) is 8.01. The fourth-order valence-corrected chi connectivity index (χ4v) is 4.38. The van der Waals surface area contributed by atoms with Crippen LogP contribution in [0.3, 0.4) is 0 Å². The Labute approximate surface area is 125 Å². The summed E-state index contributed by atoms with van der Waals surface area (Å²) < 4.78 is 2.10. The van der Waals surface area contributed by atoms with Gasteiger partial charge in [-0.15, -0.1) is 0 Å². The number of hydrogen-bond donors (Lipinski definition) is 0. The van der Waals surface area contributed by atoms with Gasteiger partial charge in [-0.2, -0.15) is 0 Å². The summed E-state index contributed by atoms with van der Waals surface area (Å²) in [6, 6.07) is 3.54. The zero-order valence-electron chi connectivity index (χ0n) is 10.4. The van der Waals surface area contributed by atoms with Crippen LogP contribution in [0, 0.1) is 0 Å². The molecular formula is C13H17Br2N3. The van der Waals surface area contributed by atoms with Gasteiger partial charge in [-0.3, -0.25) is 4.90 Å². The molecule has 2 bridgehead atoms. The van der Waals surface area contributed by atoms with Crippen LogP contribution in [-0.4, -0.2) is 42.1 Å². The van der Waals surface area contributed by atoms with Gasteiger partial charge in [-0.05, 0) is 64.2 Å². The largest absolute Gasteiger partial charge is 0.354 e. The Hall–Kier alpha value is -0.130. The summed E-state index contributed by atoms with van der Waals surface area (Å²) in [6.07, 6.45) is 5.82. The van der Waals surface area contributed by atoms with Crippen LogP contribution < -0.4 is 4.90 Å². The molecule has 2 aliphatic heterocycles. The lowest BCUT2D eigenvalue weighted by Crippen LogP contribution is -2.37. The van der Waals surface area contributed by atoms with Gasteiger partial charge >= 0.3 is 0 Å². The van der Waals surface area contributed by atoms with Crippen LogP contribution in [0.4, 0.5) is 5.82 Å². The van der Waals surface area contributed by atoms with Crippen LogP contribution in [0.15, 0.2) is 21.2 Å². The molecule has 2 aliphatic rings. The normalized spacial score (nSPS) is 28.5. The van der Waals surface area contributed by atoms with E-state index in [1.165, 1.54) is 19.3 Å². The van der Waals surface area contributed by atoms with E-state index >= 15 is 0 Å². The number of anilines is 1. The van der Waals surface area contributed by atoms with E-state index < -0.39 is 0 Å². The first-order chi connectivity index (χ1) is 8.65. The fourth-order valence-electron chi connectivity index (χ4n) is 3.14. The van der Waals surface area contributed by atoms with Crippen LogP contribution in [0.2, 0.25) is 0 Å². The second-order valence-electron chi connectivity index (χ2n) is 5.24. The standard InChI is InChI=1S/C13H17Br2N3/c1-17-10-2-3-11(17)8-18(5-4-10)13-12(15)6-9(14)7-16-13/h6-7,10-11H,2-5,8H2,1H3. The molecule has 0 aromatic carbocycles. The van der Waals surface area contributed by atoms with Crippen molar-refractivity contribution < 1.29 is 0 Å². The predicted octanol–water partition coefficient (Wildman–Crippen LogP) is 3.28. The molecule has 2 unspecified atom stereocenters. The van der Waals surface area contributed by atoms with E-state index in [1.54, 1.807) is 0 Å². The van der Waals surface area contributed by atoms with E-state index in [0.717, 1.165) is 33.9 Å². The van der Waals surface area contributed by atoms with Crippen LogP contribution in [0.5, 0.6) is 0 Å². The predicted molar refractivity (Wildman–Crippen MR) is 81.0 cm³/mol. The molecule has 0 radical (unpaired) electrons. The molecule has 3 nitrogen and oxygen atoms in total. The summed E-state index contributed by atoms with van der Waals surface area (Å²) in [5.74, 6) is 1.08. The van der Waals surface area contributed by atoms with Crippen molar-refractivity contribution in [3.8, 4) is 0 Å². The molecule has 2 saturated heterocycles. The Bertz CT molecular complexity index is 452. The molecule has 1 aromatic rings. The van der Waals surface area contributed by atoms with Crippen molar-refractivity contribution in [3.05, 3.63) is 21.2 Å². The molecule has 18 heavy (non-hydrogen) atoms. The van der Waals surface area contributed by atoms with E-state index in [1.807, 2.05) is 6.20 Å². The zero-order valence-corrected chi connectivity index (χ0v) is 13.6. The van der Waals surface area contributed by atoms with Crippen LogP contribution in [-0.2, 0) is 0 Å². The van der Waals surface area contributed by atoms with E-state index in [2.05, 4.69) is 59.8 Å². The molecule has 3 heterocycles. The van der Waals surface area contributed by atoms with E-state index in [-0.39, 0.29) is 0 Å². The number of aromatic nitrogens is 1. The molecule has 3 rings (SSSR count). The van der Waals surface area contributed by atoms with Crippen LogP contribution in [0.1, 0.15) is 19.3 Å². The van der Waals surface area contributed by atoms with Crippen LogP contribution in [0.25, 0.3) is 0 Å². The number of pyridine rings is 1. The van der Waals surface area contributed by atoms with E-state index in [0.29, 0.717) is 6.04 Å². The minimum atomic E-state index is 0.690. The Balaban J connectivity index is 1.84. The Morgan fingerprint density at radius 2 is 2.00 bits per heavy atom. The van der Waals surface area contributed by atoms with Crippen molar-refractivity contribution in [2.24, 2.45) is 0 Å². The van der Waals surface area contributed by atoms with Crippen LogP contribution >= 0.6 is 31.9 Å². The van der Waals surface area contributed by atoms with Gasteiger partial charge in [-0.25, -0.2) is 4.98 Å². The van der Waals surface area contributed by atoms with Gasteiger partial charge in [0.1, 0.15) is 5.82 Å². The molecule has 5 heteroatoms. The smallest absolute Gasteiger partial charge is 0.142 e. The third-order valence-electron chi connectivity index (χ3n) is 4.24. The summed E-state index contributed by atoms with van der Waals surface area (Å²) >= 11 is 7.09. The number of nitrogens with zero attached hydrogens (tertiary/aromatic N) is 3. The highest BCUT2D eigenvalue weighted by Gasteiger charge is 2.35.